The van der Waals surface area contributed by atoms with Gasteiger partial charge in [0, 0.05) is 12.1 Å². The monoisotopic (exact) mass is 274 g/mol. The van der Waals surface area contributed by atoms with Crippen LogP contribution in [0.15, 0.2) is 10.6 Å². The molecule has 1 amide bonds. The highest BCUT2D eigenvalue weighted by molar-refractivity contribution is 6.02. The number of rotatable bonds is 3. The van der Waals surface area contributed by atoms with Gasteiger partial charge >= 0.3 is 0 Å². The first kappa shape index (κ1) is 12.9. The van der Waals surface area contributed by atoms with Gasteiger partial charge in [0.1, 0.15) is 5.69 Å². The molecule has 2 heterocycles. The number of amides is 1. The summed E-state index contributed by atoms with van der Waals surface area (Å²) in [5.74, 6) is 0.295. The van der Waals surface area contributed by atoms with Crippen LogP contribution in [-0.2, 0) is 19.4 Å². The van der Waals surface area contributed by atoms with Gasteiger partial charge < -0.3 is 4.52 Å². The van der Waals surface area contributed by atoms with Crippen molar-refractivity contribution in [3.05, 3.63) is 28.7 Å². The number of aryl methyl sites for hydroxylation is 3. The SMILES string of the molecule is CCn1nc(C)cc1C(=O)Nc1onc2c1CCCC2. The van der Waals surface area contributed by atoms with Crippen LogP contribution in [-0.4, -0.2) is 20.8 Å². The molecule has 2 aromatic heterocycles. The van der Waals surface area contributed by atoms with Crippen LogP contribution in [0.5, 0.6) is 0 Å². The van der Waals surface area contributed by atoms with E-state index in [0.717, 1.165) is 42.6 Å². The number of hydrogen-bond acceptors (Lipinski definition) is 4. The van der Waals surface area contributed by atoms with Crippen molar-refractivity contribution >= 4 is 11.8 Å². The van der Waals surface area contributed by atoms with Crippen molar-refractivity contribution in [1.82, 2.24) is 14.9 Å². The summed E-state index contributed by atoms with van der Waals surface area (Å²) in [7, 11) is 0. The van der Waals surface area contributed by atoms with Crippen LogP contribution >= 0.6 is 0 Å². The fourth-order valence-electron chi connectivity index (χ4n) is 2.63. The second-order valence-electron chi connectivity index (χ2n) is 5.08. The van der Waals surface area contributed by atoms with E-state index in [-0.39, 0.29) is 5.91 Å². The van der Waals surface area contributed by atoms with Crippen molar-refractivity contribution in [3.63, 3.8) is 0 Å². The van der Waals surface area contributed by atoms with Crippen molar-refractivity contribution in [2.75, 3.05) is 5.32 Å². The first-order valence-electron chi connectivity index (χ1n) is 7.02. The normalized spacial score (nSPS) is 14.1. The molecule has 1 aliphatic carbocycles. The predicted octanol–water partition coefficient (Wildman–Crippen LogP) is 2.33. The third kappa shape index (κ3) is 2.21. The van der Waals surface area contributed by atoms with Crippen LogP contribution in [0.1, 0.15) is 47.2 Å². The number of nitrogens with zero attached hydrogens (tertiary/aromatic N) is 3. The molecule has 6 heteroatoms. The lowest BCUT2D eigenvalue weighted by atomic mass is 9.98. The summed E-state index contributed by atoms with van der Waals surface area (Å²) in [6.07, 6.45) is 4.10. The third-order valence-electron chi connectivity index (χ3n) is 3.62. The fourth-order valence-corrected chi connectivity index (χ4v) is 2.63. The molecule has 0 saturated carbocycles. The maximum atomic E-state index is 12.3. The molecule has 0 radical (unpaired) electrons. The molecule has 0 fully saturated rings. The molecule has 0 saturated heterocycles. The van der Waals surface area contributed by atoms with Gasteiger partial charge in [0.05, 0.1) is 11.4 Å². The van der Waals surface area contributed by atoms with Gasteiger partial charge in [-0.25, -0.2) is 0 Å². The Bertz CT molecular complexity index is 642. The molecule has 0 spiro atoms. The van der Waals surface area contributed by atoms with E-state index < -0.39 is 0 Å². The molecule has 0 atom stereocenters. The highest BCUT2D eigenvalue weighted by Crippen LogP contribution is 2.27. The summed E-state index contributed by atoms with van der Waals surface area (Å²) in [5.41, 5.74) is 3.40. The Hall–Kier alpha value is -2.11. The molecule has 20 heavy (non-hydrogen) atoms. The first-order valence-corrected chi connectivity index (χ1v) is 7.02. The molecule has 2 aromatic rings. The smallest absolute Gasteiger partial charge is 0.276 e. The zero-order chi connectivity index (χ0) is 14.1. The van der Waals surface area contributed by atoms with E-state index in [0.29, 0.717) is 18.1 Å². The van der Waals surface area contributed by atoms with Crippen molar-refractivity contribution in [3.8, 4) is 0 Å². The second-order valence-corrected chi connectivity index (χ2v) is 5.08. The Morgan fingerprint density at radius 2 is 2.25 bits per heavy atom. The predicted molar refractivity (Wildman–Crippen MR) is 73.7 cm³/mol. The number of carbonyl (C=O) groups excluding carboxylic acids is 1. The van der Waals surface area contributed by atoms with Gasteiger partial charge in [-0.15, -0.1) is 0 Å². The van der Waals surface area contributed by atoms with Gasteiger partial charge in [-0.05, 0) is 45.6 Å². The Labute approximate surface area is 117 Å². The van der Waals surface area contributed by atoms with Gasteiger partial charge in [0.25, 0.3) is 5.91 Å². The number of carbonyl (C=O) groups is 1. The van der Waals surface area contributed by atoms with E-state index in [1.165, 1.54) is 0 Å². The average molecular weight is 274 g/mol. The average Bonchev–Trinajstić information content (AvgIpc) is 3.03. The molecule has 3 rings (SSSR count). The zero-order valence-electron chi connectivity index (χ0n) is 11.8. The van der Waals surface area contributed by atoms with E-state index in [2.05, 4.69) is 15.6 Å². The lowest BCUT2D eigenvalue weighted by molar-refractivity contribution is 0.101. The summed E-state index contributed by atoms with van der Waals surface area (Å²) in [4.78, 5) is 12.3. The topological polar surface area (TPSA) is 73.0 Å². The summed E-state index contributed by atoms with van der Waals surface area (Å²) < 4.78 is 6.97. The van der Waals surface area contributed by atoms with Crippen LogP contribution < -0.4 is 5.32 Å². The minimum absolute atomic E-state index is 0.197. The van der Waals surface area contributed by atoms with Crippen molar-refractivity contribution in [1.29, 1.82) is 0 Å². The lowest BCUT2D eigenvalue weighted by Crippen LogP contribution is -2.18. The summed E-state index contributed by atoms with van der Waals surface area (Å²) in [6.45, 7) is 4.49. The Balaban J connectivity index is 1.84. The number of anilines is 1. The van der Waals surface area contributed by atoms with E-state index in [1.807, 2.05) is 13.8 Å². The largest absolute Gasteiger partial charge is 0.338 e. The van der Waals surface area contributed by atoms with Crippen molar-refractivity contribution < 1.29 is 9.32 Å². The maximum absolute atomic E-state index is 12.3. The second kappa shape index (κ2) is 5.11. The van der Waals surface area contributed by atoms with Crippen LogP contribution in [0, 0.1) is 6.92 Å². The summed E-state index contributed by atoms with van der Waals surface area (Å²) in [6, 6.07) is 1.78. The van der Waals surface area contributed by atoms with Gasteiger partial charge in [-0.2, -0.15) is 5.10 Å². The molecule has 0 unspecified atom stereocenters. The maximum Gasteiger partial charge on any atom is 0.276 e. The molecular weight excluding hydrogens is 256 g/mol. The molecule has 0 bridgehead atoms. The fraction of sp³-hybridized carbons (Fsp3) is 0.500. The lowest BCUT2D eigenvalue weighted by Gasteiger charge is -2.09. The van der Waals surface area contributed by atoms with Gasteiger partial charge in [-0.3, -0.25) is 14.8 Å². The number of aromatic nitrogens is 3. The number of hydrogen-bond donors (Lipinski definition) is 1. The molecule has 6 nitrogen and oxygen atoms in total. The Morgan fingerprint density at radius 1 is 1.45 bits per heavy atom. The van der Waals surface area contributed by atoms with Crippen molar-refractivity contribution in [2.24, 2.45) is 0 Å². The van der Waals surface area contributed by atoms with E-state index in [1.54, 1.807) is 10.7 Å². The molecular formula is C14H18N4O2. The van der Waals surface area contributed by atoms with E-state index >= 15 is 0 Å². The minimum Gasteiger partial charge on any atom is -0.338 e. The van der Waals surface area contributed by atoms with Crippen LogP contribution in [0.4, 0.5) is 5.88 Å². The molecule has 0 aliphatic heterocycles. The van der Waals surface area contributed by atoms with Crippen LogP contribution in [0.25, 0.3) is 0 Å². The molecule has 1 aliphatic rings. The molecule has 1 N–H and O–H groups in total. The highest BCUT2D eigenvalue weighted by atomic mass is 16.5. The zero-order valence-corrected chi connectivity index (χ0v) is 11.8. The number of fused-ring (bicyclic) bond motifs is 1. The highest BCUT2D eigenvalue weighted by Gasteiger charge is 2.22. The first-order chi connectivity index (χ1) is 9.69. The van der Waals surface area contributed by atoms with Gasteiger partial charge in [0.15, 0.2) is 0 Å². The Kier molecular flexibility index (Phi) is 3.30. The van der Waals surface area contributed by atoms with Crippen molar-refractivity contribution in [2.45, 2.75) is 46.1 Å². The third-order valence-corrected chi connectivity index (χ3v) is 3.62. The quantitative estimate of drug-likeness (QED) is 0.932. The van der Waals surface area contributed by atoms with Gasteiger partial charge in [-0.1, -0.05) is 5.16 Å². The summed E-state index contributed by atoms with van der Waals surface area (Å²) in [5, 5.41) is 11.1. The van der Waals surface area contributed by atoms with Gasteiger partial charge in [0.2, 0.25) is 5.88 Å². The molecule has 106 valence electrons. The van der Waals surface area contributed by atoms with E-state index in [9.17, 15) is 4.79 Å². The minimum atomic E-state index is -0.197. The number of nitrogens with one attached hydrogen (secondary N) is 1. The van der Waals surface area contributed by atoms with Crippen LogP contribution in [0.2, 0.25) is 0 Å². The summed E-state index contributed by atoms with van der Waals surface area (Å²) >= 11 is 0. The van der Waals surface area contributed by atoms with E-state index in [4.69, 9.17) is 4.52 Å². The Morgan fingerprint density at radius 3 is 3.05 bits per heavy atom. The standard InChI is InChI=1S/C14H18N4O2/c1-3-18-12(8-9(2)16-18)13(19)15-14-10-6-4-5-7-11(10)17-20-14/h8H,3-7H2,1-2H3,(H,15,19). The van der Waals surface area contributed by atoms with Crippen LogP contribution in [0.3, 0.4) is 0 Å². The molecule has 0 aromatic carbocycles.